The van der Waals surface area contributed by atoms with Gasteiger partial charge in [-0.3, -0.25) is 14.6 Å². The molecule has 3 heterocycles. The Kier molecular flexibility index (Phi) is 4.39. The van der Waals surface area contributed by atoms with E-state index in [2.05, 4.69) is 15.3 Å². The Morgan fingerprint density at radius 3 is 2.42 bits per heavy atom. The number of hydrogen-bond donors (Lipinski definition) is 0. The van der Waals surface area contributed by atoms with Crippen LogP contribution in [-0.2, 0) is 16.1 Å². The number of aryl methyl sites for hydroxylation is 2. The molecule has 0 N–H and O–H groups in total. The minimum atomic E-state index is -0.929. The van der Waals surface area contributed by atoms with Crippen molar-refractivity contribution in [3.63, 3.8) is 0 Å². The quantitative estimate of drug-likeness (QED) is 0.603. The number of anilines is 1. The summed E-state index contributed by atoms with van der Waals surface area (Å²) in [4.78, 5) is 31.4. The fourth-order valence-corrected chi connectivity index (χ4v) is 3.75. The Bertz CT molecular complexity index is 1200. The highest BCUT2D eigenvalue weighted by Gasteiger charge is 2.54. The Morgan fingerprint density at radius 1 is 1.00 bits per heavy atom. The largest absolute Gasteiger partial charge is 0.441 e. The van der Waals surface area contributed by atoms with Gasteiger partial charge < -0.3 is 4.42 Å². The van der Waals surface area contributed by atoms with Gasteiger partial charge >= 0.3 is 0 Å². The normalized spacial score (nSPS) is 20.1. The van der Waals surface area contributed by atoms with Crippen molar-refractivity contribution in [2.45, 2.75) is 32.5 Å². The van der Waals surface area contributed by atoms with Crippen molar-refractivity contribution in [2.24, 2.45) is 10.3 Å². The van der Waals surface area contributed by atoms with E-state index < -0.39 is 29.7 Å². The second kappa shape index (κ2) is 7.12. The lowest BCUT2D eigenvalue weighted by Gasteiger charge is -2.19. The average Bonchev–Trinajstić information content (AvgIpc) is 3.40. The number of carbonyl (C=O) groups is 2. The Hall–Kier alpha value is -3.88. The third-order valence-electron chi connectivity index (χ3n) is 5.45. The van der Waals surface area contributed by atoms with Crippen LogP contribution in [0.25, 0.3) is 11.5 Å². The van der Waals surface area contributed by atoms with Crippen molar-refractivity contribution in [1.82, 2.24) is 9.99 Å². The zero-order valence-corrected chi connectivity index (χ0v) is 16.8. The molecule has 0 bridgehead atoms. The molecule has 2 aliphatic heterocycles. The topological polar surface area (TPSA) is 91.4 Å². The van der Waals surface area contributed by atoms with Gasteiger partial charge in [0.2, 0.25) is 5.89 Å². The molecule has 1 saturated heterocycles. The molecule has 2 atom stereocenters. The summed E-state index contributed by atoms with van der Waals surface area (Å²) in [6, 6.07) is 11.2. The molecule has 0 spiro atoms. The maximum Gasteiger partial charge on any atom is 0.263 e. The monoisotopic (exact) mass is 419 g/mol. The summed E-state index contributed by atoms with van der Waals surface area (Å²) >= 11 is 0. The summed E-state index contributed by atoms with van der Waals surface area (Å²) < 4.78 is 19.0. The van der Waals surface area contributed by atoms with Crippen molar-refractivity contribution >= 4 is 17.5 Å². The second-order valence-corrected chi connectivity index (χ2v) is 7.57. The van der Waals surface area contributed by atoms with E-state index in [-0.39, 0.29) is 6.54 Å². The van der Waals surface area contributed by atoms with E-state index in [1.165, 1.54) is 29.3 Å². The van der Waals surface area contributed by atoms with Crippen LogP contribution in [0.15, 0.2) is 63.3 Å². The Balaban J connectivity index is 1.39. The highest BCUT2D eigenvalue weighted by molar-refractivity contribution is 6.25. The summed E-state index contributed by atoms with van der Waals surface area (Å²) in [5, 5.41) is 9.51. The first kappa shape index (κ1) is 19.1. The van der Waals surface area contributed by atoms with Gasteiger partial charge in [-0.15, -0.1) is 0 Å². The van der Waals surface area contributed by atoms with Crippen LogP contribution in [0, 0.1) is 19.7 Å². The summed E-state index contributed by atoms with van der Waals surface area (Å²) in [5.41, 5.74) is 2.89. The van der Waals surface area contributed by atoms with E-state index >= 15 is 0 Å². The van der Waals surface area contributed by atoms with Crippen molar-refractivity contribution in [1.29, 1.82) is 0 Å². The van der Waals surface area contributed by atoms with E-state index in [4.69, 9.17) is 4.42 Å². The molecule has 31 heavy (non-hydrogen) atoms. The number of halogens is 1. The van der Waals surface area contributed by atoms with E-state index in [0.717, 1.165) is 16.0 Å². The summed E-state index contributed by atoms with van der Waals surface area (Å²) in [7, 11) is 0. The van der Waals surface area contributed by atoms with Gasteiger partial charge in [0.25, 0.3) is 11.8 Å². The third kappa shape index (κ3) is 3.18. The molecule has 3 aromatic rings. The minimum absolute atomic E-state index is 0.169. The van der Waals surface area contributed by atoms with Gasteiger partial charge in [-0.05, 0) is 50.2 Å². The smallest absolute Gasteiger partial charge is 0.263 e. The number of rotatable bonds is 4. The molecule has 2 aromatic carbocycles. The average molecular weight is 419 g/mol. The van der Waals surface area contributed by atoms with E-state index in [9.17, 15) is 14.0 Å². The number of carbonyl (C=O) groups excluding carboxylic acids is 2. The molecule has 2 aliphatic rings. The molecule has 0 aliphatic carbocycles. The van der Waals surface area contributed by atoms with Gasteiger partial charge in [-0.2, -0.15) is 5.11 Å². The van der Waals surface area contributed by atoms with Gasteiger partial charge in [0.15, 0.2) is 12.1 Å². The molecule has 9 heteroatoms. The summed E-state index contributed by atoms with van der Waals surface area (Å²) in [6.45, 7) is 3.96. The van der Waals surface area contributed by atoms with Crippen LogP contribution in [0.3, 0.4) is 0 Å². The molecule has 0 radical (unpaired) electrons. The molecule has 5 rings (SSSR count). The molecule has 156 valence electrons. The number of oxazole rings is 1. The summed E-state index contributed by atoms with van der Waals surface area (Å²) in [6.07, 6.45) is 0. The second-order valence-electron chi connectivity index (χ2n) is 7.57. The maximum atomic E-state index is 13.2. The molecule has 2 amide bonds. The number of nitrogens with zero attached hydrogens (tertiary/aromatic N) is 5. The molecular formula is C22H18FN5O3. The van der Waals surface area contributed by atoms with Crippen LogP contribution in [0.1, 0.15) is 17.0 Å². The lowest BCUT2D eigenvalue weighted by molar-refractivity contribution is -0.123. The predicted molar refractivity (Wildman–Crippen MR) is 108 cm³/mol. The van der Waals surface area contributed by atoms with Gasteiger partial charge in [-0.25, -0.2) is 14.3 Å². The molecule has 0 saturated carbocycles. The van der Waals surface area contributed by atoms with Crippen LogP contribution < -0.4 is 4.90 Å². The van der Waals surface area contributed by atoms with Gasteiger partial charge in [0.05, 0.1) is 12.2 Å². The number of hydrogen-bond acceptors (Lipinski definition) is 7. The first-order valence-corrected chi connectivity index (χ1v) is 9.76. The molecule has 1 fully saturated rings. The number of imide groups is 1. The third-order valence-corrected chi connectivity index (χ3v) is 5.45. The highest BCUT2D eigenvalue weighted by Crippen LogP contribution is 2.33. The molecule has 1 aromatic heterocycles. The Labute approximate surface area is 177 Å². The minimum Gasteiger partial charge on any atom is -0.441 e. The first-order chi connectivity index (χ1) is 14.9. The lowest BCUT2D eigenvalue weighted by Crippen LogP contribution is -2.39. The van der Waals surface area contributed by atoms with Crippen LogP contribution in [0.5, 0.6) is 0 Å². The van der Waals surface area contributed by atoms with Gasteiger partial charge in [-0.1, -0.05) is 22.9 Å². The zero-order chi connectivity index (χ0) is 21.7. The number of aromatic nitrogens is 1. The lowest BCUT2D eigenvalue weighted by atomic mass is 10.1. The van der Waals surface area contributed by atoms with Crippen molar-refractivity contribution in [3.8, 4) is 11.5 Å². The van der Waals surface area contributed by atoms with Crippen molar-refractivity contribution in [2.75, 3.05) is 4.90 Å². The summed E-state index contributed by atoms with van der Waals surface area (Å²) in [5.74, 6) is -0.310. The Morgan fingerprint density at radius 2 is 1.71 bits per heavy atom. The van der Waals surface area contributed by atoms with E-state index in [0.29, 0.717) is 23.0 Å². The SMILES string of the molecule is Cc1ccc(-c2nc(CN3N=N[C@H]4C(=O)N(c5ccc(F)cc5)C(=O)[C@@H]43)c(C)o2)cc1. The van der Waals surface area contributed by atoms with Crippen LogP contribution in [-0.4, -0.2) is 33.9 Å². The standard InChI is InChI=1S/C22H18FN5O3/c1-12-3-5-14(6-4-12)20-24-17(13(2)31-20)11-27-19-18(25-26-27)21(29)28(22(19)30)16-9-7-15(23)8-10-16/h3-10,18-19H,11H2,1-2H3/t18-,19-/m1/s1. The molecule has 8 nitrogen and oxygen atoms in total. The van der Waals surface area contributed by atoms with Crippen LogP contribution >= 0.6 is 0 Å². The van der Waals surface area contributed by atoms with Crippen LogP contribution in [0.2, 0.25) is 0 Å². The van der Waals surface area contributed by atoms with Crippen molar-refractivity contribution in [3.05, 3.63) is 71.4 Å². The van der Waals surface area contributed by atoms with Crippen LogP contribution in [0.4, 0.5) is 10.1 Å². The molecule has 0 unspecified atom stereocenters. The van der Waals surface area contributed by atoms with E-state index in [1.54, 1.807) is 6.92 Å². The highest BCUT2D eigenvalue weighted by atomic mass is 19.1. The number of fused-ring (bicyclic) bond motifs is 1. The number of benzene rings is 2. The fraction of sp³-hybridized carbons (Fsp3) is 0.227. The van der Waals surface area contributed by atoms with E-state index in [1.807, 2.05) is 31.2 Å². The zero-order valence-electron chi connectivity index (χ0n) is 16.8. The number of amides is 2. The van der Waals surface area contributed by atoms with Gasteiger partial charge in [0.1, 0.15) is 17.3 Å². The molecular weight excluding hydrogens is 401 g/mol. The predicted octanol–water partition coefficient (Wildman–Crippen LogP) is 3.59. The van der Waals surface area contributed by atoms with Gasteiger partial charge in [0, 0.05) is 5.56 Å². The fourth-order valence-electron chi connectivity index (χ4n) is 3.75. The van der Waals surface area contributed by atoms with Crippen molar-refractivity contribution < 1.29 is 18.4 Å². The maximum absolute atomic E-state index is 13.2. The first-order valence-electron chi connectivity index (χ1n) is 9.76.